The quantitative estimate of drug-likeness (QED) is 0.673. The van der Waals surface area contributed by atoms with Gasteiger partial charge in [-0.05, 0) is 18.9 Å². The third kappa shape index (κ3) is 1.49. The molecule has 1 aliphatic heterocycles. The van der Waals surface area contributed by atoms with Crippen molar-refractivity contribution in [1.29, 1.82) is 0 Å². The molecule has 0 fully saturated rings. The first kappa shape index (κ1) is 8.84. The summed E-state index contributed by atoms with van der Waals surface area (Å²) in [6.07, 6.45) is 2.38. The molecule has 0 saturated carbocycles. The molecule has 0 spiro atoms. The number of ether oxygens (including phenoxy) is 1. The van der Waals surface area contributed by atoms with Crippen LogP contribution in [0.5, 0.6) is 0 Å². The van der Waals surface area contributed by atoms with Gasteiger partial charge in [0.1, 0.15) is 5.76 Å². The van der Waals surface area contributed by atoms with E-state index in [-0.39, 0.29) is 5.91 Å². The molecule has 66 valence electrons. The van der Waals surface area contributed by atoms with Crippen LogP contribution in [0.3, 0.4) is 0 Å². The van der Waals surface area contributed by atoms with E-state index in [0.717, 1.165) is 17.7 Å². The lowest BCUT2D eigenvalue weighted by Gasteiger charge is -2.07. The second kappa shape index (κ2) is 3.43. The lowest BCUT2D eigenvalue weighted by molar-refractivity contribution is -0.115. The van der Waals surface area contributed by atoms with Gasteiger partial charge in [0.25, 0.3) is 5.91 Å². The molecule has 1 N–H and O–H groups in total. The summed E-state index contributed by atoms with van der Waals surface area (Å²) < 4.78 is 5.04. The highest BCUT2D eigenvalue weighted by Crippen LogP contribution is 2.19. The van der Waals surface area contributed by atoms with Crippen LogP contribution in [-0.2, 0) is 9.53 Å². The van der Waals surface area contributed by atoms with E-state index >= 15 is 0 Å². The fraction of sp³-hybridized carbons (Fsp3) is 0.444. The molecule has 0 atom stereocenters. The highest BCUT2D eigenvalue weighted by atomic mass is 16.5. The Morgan fingerprint density at radius 3 is 2.83 bits per heavy atom. The van der Waals surface area contributed by atoms with Crippen molar-refractivity contribution in [2.75, 3.05) is 7.11 Å². The minimum atomic E-state index is -0.102. The summed E-state index contributed by atoms with van der Waals surface area (Å²) in [6.45, 7) is 4.02. The van der Waals surface area contributed by atoms with E-state index < -0.39 is 0 Å². The summed E-state index contributed by atoms with van der Waals surface area (Å²) in [5.74, 6) is 0.536. The van der Waals surface area contributed by atoms with Gasteiger partial charge in [0.15, 0.2) is 0 Å². The normalized spacial score (nSPS) is 20.2. The maximum atomic E-state index is 10.9. The molecule has 3 heteroatoms. The molecule has 0 aromatic heterocycles. The van der Waals surface area contributed by atoms with Crippen molar-refractivity contribution in [3.8, 4) is 0 Å². The number of allylic oxidation sites excluding steroid dienone is 1. The van der Waals surface area contributed by atoms with Crippen molar-refractivity contribution in [2.24, 2.45) is 0 Å². The second-order valence-electron chi connectivity index (χ2n) is 2.71. The zero-order chi connectivity index (χ0) is 9.14. The topological polar surface area (TPSA) is 38.3 Å². The zero-order valence-corrected chi connectivity index (χ0v) is 7.60. The van der Waals surface area contributed by atoms with E-state index in [1.807, 2.05) is 13.8 Å². The summed E-state index contributed by atoms with van der Waals surface area (Å²) >= 11 is 0. The second-order valence-corrected chi connectivity index (χ2v) is 2.71. The van der Waals surface area contributed by atoms with Gasteiger partial charge in [-0.3, -0.25) is 4.79 Å². The largest absolute Gasteiger partial charge is 0.494 e. The molecule has 0 aromatic carbocycles. The molecule has 1 amide bonds. The van der Waals surface area contributed by atoms with Crippen LogP contribution in [0.15, 0.2) is 23.1 Å². The van der Waals surface area contributed by atoms with Crippen molar-refractivity contribution >= 4 is 5.91 Å². The highest BCUT2D eigenvalue weighted by molar-refractivity contribution is 5.94. The Morgan fingerprint density at radius 2 is 2.33 bits per heavy atom. The van der Waals surface area contributed by atoms with Gasteiger partial charge in [0, 0.05) is 6.08 Å². The van der Waals surface area contributed by atoms with E-state index in [1.165, 1.54) is 6.08 Å². The van der Waals surface area contributed by atoms with Gasteiger partial charge < -0.3 is 10.1 Å². The lowest BCUT2D eigenvalue weighted by Crippen LogP contribution is -2.15. The molecule has 1 heterocycles. The van der Waals surface area contributed by atoms with Gasteiger partial charge >= 0.3 is 0 Å². The van der Waals surface area contributed by atoms with Crippen molar-refractivity contribution in [2.45, 2.75) is 20.3 Å². The number of hydrogen-bond donors (Lipinski definition) is 1. The van der Waals surface area contributed by atoms with Gasteiger partial charge in [-0.15, -0.1) is 0 Å². The van der Waals surface area contributed by atoms with Gasteiger partial charge in [0.2, 0.25) is 0 Å². The van der Waals surface area contributed by atoms with Crippen molar-refractivity contribution in [1.82, 2.24) is 5.32 Å². The Balaban J connectivity index is 2.96. The monoisotopic (exact) mass is 167 g/mol. The fourth-order valence-electron chi connectivity index (χ4n) is 1.07. The van der Waals surface area contributed by atoms with Crippen LogP contribution < -0.4 is 5.32 Å². The van der Waals surface area contributed by atoms with E-state index in [1.54, 1.807) is 7.11 Å². The third-order valence-corrected chi connectivity index (χ3v) is 1.93. The molecular formula is C9H13NO2. The van der Waals surface area contributed by atoms with Crippen LogP contribution in [0, 0.1) is 0 Å². The number of hydrogen-bond acceptors (Lipinski definition) is 2. The SMILES string of the molecule is CC/C(C)=C1\NC(=O)C=C1OC. The van der Waals surface area contributed by atoms with Gasteiger partial charge in [-0.1, -0.05) is 6.92 Å². The van der Waals surface area contributed by atoms with Gasteiger partial charge in [-0.2, -0.15) is 0 Å². The predicted octanol–water partition coefficient (Wildman–Crippen LogP) is 1.33. The number of rotatable bonds is 2. The van der Waals surface area contributed by atoms with Gasteiger partial charge in [-0.25, -0.2) is 0 Å². The first-order chi connectivity index (χ1) is 5.69. The van der Waals surface area contributed by atoms with Crippen LogP contribution >= 0.6 is 0 Å². The molecule has 0 bridgehead atoms. The third-order valence-electron chi connectivity index (χ3n) is 1.93. The Labute approximate surface area is 72.1 Å². The molecule has 12 heavy (non-hydrogen) atoms. The summed E-state index contributed by atoms with van der Waals surface area (Å²) in [4.78, 5) is 10.9. The average Bonchev–Trinajstić information content (AvgIpc) is 2.45. The Morgan fingerprint density at radius 1 is 1.67 bits per heavy atom. The number of carbonyl (C=O) groups excluding carboxylic acids is 1. The van der Waals surface area contributed by atoms with Crippen LogP contribution in [0.2, 0.25) is 0 Å². The van der Waals surface area contributed by atoms with E-state index in [4.69, 9.17) is 4.74 Å². The van der Waals surface area contributed by atoms with E-state index in [9.17, 15) is 4.79 Å². The first-order valence-electron chi connectivity index (χ1n) is 3.95. The molecular weight excluding hydrogens is 154 g/mol. The van der Waals surface area contributed by atoms with Crippen molar-refractivity contribution in [3.63, 3.8) is 0 Å². The summed E-state index contributed by atoms with van der Waals surface area (Å²) in [6, 6.07) is 0. The predicted molar refractivity (Wildman–Crippen MR) is 46.2 cm³/mol. The van der Waals surface area contributed by atoms with Crippen molar-refractivity contribution < 1.29 is 9.53 Å². The minimum Gasteiger partial charge on any atom is -0.494 e. The maximum absolute atomic E-state index is 10.9. The Bertz CT molecular complexity index is 264. The van der Waals surface area contributed by atoms with Crippen LogP contribution in [-0.4, -0.2) is 13.0 Å². The molecule has 0 unspecified atom stereocenters. The molecule has 0 radical (unpaired) electrons. The number of amides is 1. The molecule has 0 aliphatic carbocycles. The van der Waals surface area contributed by atoms with Crippen LogP contribution in [0.25, 0.3) is 0 Å². The number of nitrogens with one attached hydrogen (secondary N) is 1. The van der Waals surface area contributed by atoms with Crippen LogP contribution in [0.1, 0.15) is 20.3 Å². The molecule has 1 rings (SSSR count). The molecule has 1 aliphatic rings. The van der Waals surface area contributed by atoms with Crippen molar-refractivity contribution in [3.05, 3.63) is 23.1 Å². The molecule has 3 nitrogen and oxygen atoms in total. The lowest BCUT2D eigenvalue weighted by atomic mass is 10.2. The maximum Gasteiger partial charge on any atom is 0.252 e. The van der Waals surface area contributed by atoms with E-state index in [2.05, 4.69) is 5.32 Å². The fourth-order valence-corrected chi connectivity index (χ4v) is 1.07. The molecule has 0 saturated heterocycles. The number of methoxy groups -OCH3 is 1. The smallest absolute Gasteiger partial charge is 0.252 e. The van der Waals surface area contributed by atoms with E-state index in [0.29, 0.717) is 5.76 Å². The molecule has 0 aromatic rings. The Hall–Kier alpha value is -1.25. The standard InChI is InChI=1S/C9H13NO2/c1-4-6(2)9-7(12-3)5-8(11)10-9/h5H,4H2,1-3H3,(H,10,11)/b9-6-. The summed E-state index contributed by atoms with van der Waals surface area (Å²) in [5, 5.41) is 2.73. The summed E-state index contributed by atoms with van der Waals surface area (Å²) in [5.41, 5.74) is 1.96. The average molecular weight is 167 g/mol. The summed E-state index contributed by atoms with van der Waals surface area (Å²) in [7, 11) is 1.56. The highest BCUT2D eigenvalue weighted by Gasteiger charge is 2.19. The first-order valence-corrected chi connectivity index (χ1v) is 3.95. The van der Waals surface area contributed by atoms with Gasteiger partial charge in [0.05, 0.1) is 12.8 Å². The minimum absolute atomic E-state index is 0.102. The zero-order valence-electron chi connectivity index (χ0n) is 7.60. The number of carbonyl (C=O) groups is 1. The Kier molecular flexibility index (Phi) is 2.53. The van der Waals surface area contributed by atoms with Crippen LogP contribution in [0.4, 0.5) is 0 Å².